The zero-order valence-electron chi connectivity index (χ0n) is 16.4. The summed E-state index contributed by atoms with van der Waals surface area (Å²) in [4.78, 5) is 12.3. The highest BCUT2D eigenvalue weighted by Crippen LogP contribution is 2.27. The second-order valence-electron chi connectivity index (χ2n) is 6.11. The lowest BCUT2D eigenvalue weighted by Gasteiger charge is -2.13. The van der Waals surface area contributed by atoms with Gasteiger partial charge in [0.25, 0.3) is 10.0 Å². The maximum absolute atomic E-state index is 12.6. The summed E-state index contributed by atoms with van der Waals surface area (Å²) in [6.45, 7) is 0. The average Bonchev–Trinajstić information content (AvgIpc) is 2.74. The lowest BCUT2D eigenvalue weighted by Crippen LogP contribution is -2.20. The number of sulfonamides is 1. The minimum Gasteiger partial charge on any atom is -0.495 e. The highest BCUT2D eigenvalue weighted by atomic mass is 32.2. The molecule has 8 nitrogen and oxygen atoms in total. The number of benzene rings is 3. The summed E-state index contributed by atoms with van der Waals surface area (Å²) in [5.41, 5.74) is 1.27. The first-order valence-corrected chi connectivity index (χ1v) is 10.4. The molecule has 0 unspecified atom stereocenters. The standard InChI is InChI=1S/C21H21N3O5S/c1-28-19-9-5-3-7-17(19)23-21(25)22-15-11-13-16(14-12-15)30(26,27)24-18-8-4-6-10-20(18)29-2/h3-14,24H,1-2H3,(H2,22,23,25). The third-order valence-electron chi connectivity index (χ3n) is 4.13. The quantitative estimate of drug-likeness (QED) is 0.525. The van der Waals surface area contributed by atoms with Crippen molar-refractivity contribution in [2.45, 2.75) is 4.90 Å². The summed E-state index contributed by atoms with van der Waals surface area (Å²) in [7, 11) is -0.851. The van der Waals surface area contributed by atoms with E-state index in [2.05, 4.69) is 15.4 Å². The van der Waals surface area contributed by atoms with Gasteiger partial charge in [-0.1, -0.05) is 24.3 Å². The van der Waals surface area contributed by atoms with Gasteiger partial charge in [0.15, 0.2) is 0 Å². The Balaban J connectivity index is 1.69. The summed E-state index contributed by atoms with van der Waals surface area (Å²) < 4.78 is 38.1. The minimum absolute atomic E-state index is 0.0455. The number of nitrogens with one attached hydrogen (secondary N) is 3. The van der Waals surface area contributed by atoms with Crippen LogP contribution >= 0.6 is 0 Å². The smallest absolute Gasteiger partial charge is 0.323 e. The van der Waals surface area contributed by atoms with Crippen LogP contribution in [0.1, 0.15) is 0 Å². The van der Waals surface area contributed by atoms with Crippen molar-refractivity contribution in [3.05, 3.63) is 72.8 Å². The zero-order valence-corrected chi connectivity index (χ0v) is 17.2. The fraction of sp³-hybridized carbons (Fsp3) is 0.0952. The van der Waals surface area contributed by atoms with Crippen molar-refractivity contribution in [1.82, 2.24) is 0 Å². The number of rotatable bonds is 7. The topological polar surface area (TPSA) is 106 Å². The molecule has 0 fully saturated rings. The Hall–Kier alpha value is -3.72. The van der Waals surface area contributed by atoms with Gasteiger partial charge in [0, 0.05) is 5.69 Å². The Bertz CT molecular complexity index is 1130. The van der Waals surface area contributed by atoms with E-state index in [4.69, 9.17) is 9.47 Å². The molecule has 0 aliphatic carbocycles. The van der Waals surface area contributed by atoms with Crippen molar-refractivity contribution in [2.24, 2.45) is 0 Å². The maximum Gasteiger partial charge on any atom is 0.323 e. The van der Waals surface area contributed by atoms with Crippen molar-refractivity contribution in [1.29, 1.82) is 0 Å². The van der Waals surface area contributed by atoms with E-state index >= 15 is 0 Å². The summed E-state index contributed by atoms with van der Waals surface area (Å²) in [6, 6.07) is 19.0. The van der Waals surface area contributed by atoms with Crippen LogP contribution in [0.3, 0.4) is 0 Å². The molecule has 3 aromatic carbocycles. The van der Waals surface area contributed by atoms with E-state index < -0.39 is 16.1 Å². The van der Waals surface area contributed by atoms with E-state index in [0.717, 1.165) is 0 Å². The molecule has 30 heavy (non-hydrogen) atoms. The number of amides is 2. The predicted octanol–water partition coefficient (Wildman–Crippen LogP) is 4.15. The third-order valence-corrected chi connectivity index (χ3v) is 5.51. The third kappa shape index (κ3) is 5.00. The highest BCUT2D eigenvalue weighted by Gasteiger charge is 2.16. The molecule has 3 rings (SSSR count). The summed E-state index contributed by atoms with van der Waals surface area (Å²) in [6.07, 6.45) is 0. The van der Waals surface area contributed by atoms with Crippen LogP contribution < -0.4 is 24.8 Å². The van der Waals surface area contributed by atoms with E-state index in [9.17, 15) is 13.2 Å². The molecule has 156 valence electrons. The molecule has 0 aromatic heterocycles. The van der Waals surface area contributed by atoms with Crippen LogP contribution in [0.5, 0.6) is 11.5 Å². The molecule has 3 aromatic rings. The molecule has 0 saturated carbocycles. The van der Waals surface area contributed by atoms with Crippen molar-refractivity contribution in [3.63, 3.8) is 0 Å². The van der Waals surface area contributed by atoms with E-state index in [-0.39, 0.29) is 4.90 Å². The van der Waals surface area contributed by atoms with Crippen LogP contribution in [0.15, 0.2) is 77.7 Å². The maximum atomic E-state index is 12.6. The van der Waals surface area contributed by atoms with Gasteiger partial charge >= 0.3 is 6.03 Å². The Morgan fingerprint density at radius 3 is 1.87 bits per heavy atom. The number of ether oxygens (including phenoxy) is 2. The van der Waals surface area contributed by atoms with Crippen molar-refractivity contribution >= 4 is 33.1 Å². The van der Waals surface area contributed by atoms with Gasteiger partial charge in [-0.15, -0.1) is 0 Å². The van der Waals surface area contributed by atoms with Crippen LogP contribution in [0.4, 0.5) is 21.9 Å². The Kier molecular flexibility index (Phi) is 6.43. The van der Waals surface area contributed by atoms with Crippen LogP contribution in [-0.4, -0.2) is 28.7 Å². The number of hydrogen-bond donors (Lipinski definition) is 3. The van der Waals surface area contributed by atoms with E-state index in [1.807, 2.05) is 0 Å². The lowest BCUT2D eigenvalue weighted by atomic mass is 10.3. The first-order valence-electron chi connectivity index (χ1n) is 8.90. The molecule has 2 amide bonds. The van der Waals surface area contributed by atoms with Gasteiger partial charge in [-0.3, -0.25) is 4.72 Å². The Morgan fingerprint density at radius 2 is 1.27 bits per heavy atom. The number of carbonyl (C=O) groups is 1. The molecule has 0 saturated heterocycles. The monoisotopic (exact) mass is 427 g/mol. The van der Waals surface area contributed by atoms with Crippen molar-refractivity contribution < 1.29 is 22.7 Å². The molecule has 0 aliphatic heterocycles. The van der Waals surface area contributed by atoms with Gasteiger partial charge in [0.1, 0.15) is 11.5 Å². The molecule has 0 atom stereocenters. The number of hydrogen-bond acceptors (Lipinski definition) is 5. The fourth-order valence-electron chi connectivity index (χ4n) is 2.68. The van der Waals surface area contributed by atoms with Gasteiger partial charge < -0.3 is 20.1 Å². The number of anilines is 3. The van der Waals surface area contributed by atoms with Crippen molar-refractivity contribution in [2.75, 3.05) is 29.6 Å². The largest absolute Gasteiger partial charge is 0.495 e. The second-order valence-corrected chi connectivity index (χ2v) is 7.79. The molecule has 0 heterocycles. The van der Waals surface area contributed by atoms with Gasteiger partial charge in [-0.2, -0.15) is 0 Å². The van der Waals surface area contributed by atoms with Gasteiger partial charge in [0.05, 0.1) is 30.5 Å². The van der Waals surface area contributed by atoms with Crippen LogP contribution in [0.2, 0.25) is 0 Å². The molecular weight excluding hydrogens is 406 g/mol. The van der Waals surface area contributed by atoms with Crippen LogP contribution in [0, 0.1) is 0 Å². The molecule has 0 bridgehead atoms. The molecule has 3 N–H and O–H groups in total. The molecular formula is C21H21N3O5S. The number of methoxy groups -OCH3 is 2. The SMILES string of the molecule is COc1ccccc1NC(=O)Nc1ccc(S(=O)(=O)Nc2ccccc2OC)cc1. The van der Waals surface area contributed by atoms with E-state index in [0.29, 0.717) is 28.6 Å². The van der Waals surface area contributed by atoms with E-state index in [1.165, 1.54) is 38.5 Å². The fourth-order valence-corrected chi connectivity index (χ4v) is 3.75. The number of para-hydroxylation sites is 4. The molecule has 0 spiro atoms. The summed E-state index contributed by atoms with van der Waals surface area (Å²) >= 11 is 0. The highest BCUT2D eigenvalue weighted by molar-refractivity contribution is 7.92. The van der Waals surface area contributed by atoms with Gasteiger partial charge in [0.2, 0.25) is 0 Å². The van der Waals surface area contributed by atoms with Crippen LogP contribution in [0.25, 0.3) is 0 Å². The number of urea groups is 1. The summed E-state index contributed by atoms with van der Waals surface area (Å²) in [5.74, 6) is 0.934. The minimum atomic E-state index is -3.82. The predicted molar refractivity (Wildman–Crippen MR) is 116 cm³/mol. The van der Waals surface area contributed by atoms with E-state index in [1.54, 1.807) is 48.5 Å². The molecule has 9 heteroatoms. The first-order chi connectivity index (χ1) is 14.4. The van der Waals surface area contributed by atoms with Crippen LogP contribution in [-0.2, 0) is 10.0 Å². The molecule has 0 aliphatic rings. The van der Waals surface area contributed by atoms with Gasteiger partial charge in [-0.05, 0) is 48.5 Å². The molecule has 0 radical (unpaired) electrons. The average molecular weight is 427 g/mol. The summed E-state index contributed by atoms with van der Waals surface area (Å²) in [5, 5.41) is 5.33. The Labute approximate surface area is 174 Å². The first kappa shape index (κ1) is 21.0. The second kappa shape index (κ2) is 9.19. The van der Waals surface area contributed by atoms with Gasteiger partial charge in [-0.25, -0.2) is 13.2 Å². The number of carbonyl (C=O) groups excluding carboxylic acids is 1. The van der Waals surface area contributed by atoms with Crippen molar-refractivity contribution in [3.8, 4) is 11.5 Å². The zero-order chi connectivity index (χ0) is 21.6. The Morgan fingerprint density at radius 1 is 0.733 bits per heavy atom. The lowest BCUT2D eigenvalue weighted by molar-refractivity contribution is 0.262. The normalized spacial score (nSPS) is 10.7.